The Hall–Kier alpha value is -4.54. The van der Waals surface area contributed by atoms with E-state index in [0.29, 0.717) is 68.3 Å². The van der Waals surface area contributed by atoms with Crippen molar-refractivity contribution in [2.24, 2.45) is 4.99 Å². The quantitative estimate of drug-likeness (QED) is 0.213. The number of thiazole rings is 1. The Kier molecular flexibility index (Phi) is 9.72. The lowest BCUT2D eigenvalue weighted by molar-refractivity contribution is -0.136. The molecule has 228 valence electrons. The summed E-state index contributed by atoms with van der Waals surface area (Å²) in [6.45, 7) is 4.93. The van der Waals surface area contributed by atoms with E-state index >= 15 is 0 Å². The molecular weight excluding hydrogens is 604 g/mol. The molecule has 3 aromatic carbocycles. The van der Waals surface area contributed by atoms with Gasteiger partial charge in [-0.1, -0.05) is 59.3 Å². The summed E-state index contributed by atoms with van der Waals surface area (Å²) in [5.41, 5.74) is 2.13. The van der Waals surface area contributed by atoms with Gasteiger partial charge >= 0.3 is 5.97 Å². The predicted octanol–water partition coefficient (Wildman–Crippen LogP) is 5.06. The molecule has 0 fully saturated rings. The SMILES string of the molecule is CCOc1ccc([C@H]2C(C(=O)OC)=CN=c3s/c(=C\c4cc(Cl)c(OCc5ccccc5)c(OC)c4)c(=O)n32)cc1OCC. The first-order chi connectivity index (χ1) is 21.4. The number of esters is 1. The molecule has 2 heterocycles. The van der Waals surface area contributed by atoms with Gasteiger partial charge < -0.3 is 23.7 Å². The molecule has 44 heavy (non-hydrogen) atoms. The molecule has 0 radical (unpaired) electrons. The molecule has 1 aromatic heterocycles. The summed E-state index contributed by atoms with van der Waals surface area (Å²) < 4.78 is 30.0. The number of carbonyl (C=O) groups excluding carboxylic acids is 1. The van der Waals surface area contributed by atoms with Crippen LogP contribution < -0.4 is 33.8 Å². The van der Waals surface area contributed by atoms with Gasteiger partial charge in [0.05, 0.1) is 48.6 Å². The average molecular weight is 635 g/mol. The van der Waals surface area contributed by atoms with Gasteiger partial charge in [0.15, 0.2) is 27.8 Å². The fourth-order valence-corrected chi connectivity index (χ4v) is 6.07. The van der Waals surface area contributed by atoms with Crippen molar-refractivity contribution in [2.45, 2.75) is 26.5 Å². The van der Waals surface area contributed by atoms with Crippen LogP contribution in [-0.4, -0.2) is 38.0 Å². The van der Waals surface area contributed by atoms with Crippen LogP contribution in [0.2, 0.25) is 5.02 Å². The van der Waals surface area contributed by atoms with E-state index in [9.17, 15) is 9.59 Å². The van der Waals surface area contributed by atoms with Gasteiger partial charge in [0, 0.05) is 6.20 Å². The second-order valence-corrected chi connectivity index (χ2v) is 11.0. The van der Waals surface area contributed by atoms with Gasteiger partial charge in [-0.25, -0.2) is 9.79 Å². The molecule has 0 spiro atoms. The van der Waals surface area contributed by atoms with Crippen molar-refractivity contribution in [3.8, 4) is 23.0 Å². The summed E-state index contributed by atoms with van der Waals surface area (Å²) in [5.74, 6) is 1.31. The van der Waals surface area contributed by atoms with Gasteiger partial charge in [0.25, 0.3) is 5.56 Å². The van der Waals surface area contributed by atoms with Crippen LogP contribution in [-0.2, 0) is 16.1 Å². The number of hydrogen-bond acceptors (Lipinski definition) is 9. The Morgan fingerprint density at radius 3 is 2.43 bits per heavy atom. The Labute approximate surface area is 263 Å². The normalized spacial score (nSPS) is 14.2. The minimum atomic E-state index is -0.803. The molecule has 1 aliphatic heterocycles. The third-order valence-corrected chi connectivity index (χ3v) is 8.06. The van der Waals surface area contributed by atoms with E-state index in [-0.39, 0.29) is 11.1 Å². The minimum Gasteiger partial charge on any atom is -0.493 e. The zero-order chi connectivity index (χ0) is 31.2. The van der Waals surface area contributed by atoms with Crippen LogP contribution in [0.5, 0.6) is 23.0 Å². The van der Waals surface area contributed by atoms with E-state index in [1.165, 1.54) is 36.3 Å². The third-order valence-electron chi connectivity index (χ3n) is 6.78. The lowest BCUT2D eigenvalue weighted by Crippen LogP contribution is -2.39. The summed E-state index contributed by atoms with van der Waals surface area (Å²) in [4.78, 5) is 31.7. The topological polar surface area (TPSA) is 97.6 Å². The molecule has 0 bridgehead atoms. The molecule has 0 saturated heterocycles. The predicted molar refractivity (Wildman–Crippen MR) is 169 cm³/mol. The fraction of sp³-hybridized carbons (Fsp3) is 0.242. The lowest BCUT2D eigenvalue weighted by atomic mass is 9.97. The van der Waals surface area contributed by atoms with E-state index in [1.807, 2.05) is 44.2 Å². The van der Waals surface area contributed by atoms with E-state index in [2.05, 4.69) is 4.99 Å². The Morgan fingerprint density at radius 2 is 1.73 bits per heavy atom. The number of carbonyl (C=O) groups is 1. The van der Waals surface area contributed by atoms with Gasteiger partial charge in [0.1, 0.15) is 6.61 Å². The van der Waals surface area contributed by atoms with Crippen LogP contribution in [0, 0.1) is 0 Å². The van der Waals surface area contributed by atoms with E-state index in [1.54, 1.807) is 36.4 Å². The summed E-state index contributed by atoms with van der Waals surface area (Å²) in [6.07, 6.45) is 3.16. The van der Waals surface area contributed by atoms with E-state index < -0.39 is 12.0 Å². The smallest absolute Gasteiger partial charge is 0.337 e. The molecule has 11 heteroatoms. The van der Waals surface area contributed by atoms with Crippen molar-refractivity contribution < 1.29 is 28.5 Å². The largest absolute Gasteiger partial charge is 0.493 e. The first-order valence-corrected chi connectivity index (χ1v) is 15.1. The Bertz CT molecular complexity index is 1880. The van der Waals surface area contributed by atoms with Crippen molar-refractivity contribution in [3.63, 3.8) is 0 Å². The molecule has 0 unspecified atom stereocenters. The highest BCUT2D eigenvalue weighted by Crippen LogP contribution is 2.38. The molecule has 1 aliphatic rings. The van der Waals surface area contributed by atoms with Crippen molar-refractivity contribution in [1.29, 1.82) is 0 Å². The first kappa shape index (κ1) is 30.9. The first-order valence-electron chi connectivity index (χ1n) is 13.9. The number of nitrogens with zero attached hydrogens (tertiary/aromatic N) is 2. The van der Waals surface area contributed by atoms with Gasteiger partial charge in [-0.2, -0.15) is 0 Å². The van der Waals surface area contributed by atoms with Gasteiger partial charge in [-0.3, -0.25) is 9.36 Å². The Morgan fingerprint density at radius 1 is 0.977 bits per heavy atom. The maximum Gasteiger partial charge on any atom is 0.337 e. The van der Waals surface area contributed by atoms with Gasteiger partial charge in [0.2, 0.25) is 0 Å². The molecule has 0 aliphatic carbocycles. The van der Waals surface area contributed by atoms with Crippen LogP contribution in [0.4, 0.5) is 0 Å². The van der Waals surface area contributed by atoms with Crippen molar-refractivity contribution in [1.82, 2.24) is 4.57 Å². The molecule has 5 rings (SSSR count). The number of rotatable bonds is 11. The molecule has 9 nitrogen and oxygen atoms in total. The van der Waals surface area contributed by atoms with Crippen molar-refractivity contribution in [3.05, 3.63) is 114 Å². The number of benzene rings is 3. The standard InChI is InChI=1S/C33H31ClN2O7S/c1-5-41-25-13-12-22(17-26(25)42-6-2)29-23(32(38)40-4)18-35-33-36(29)31(37)28(44-33)16-21-14-24(34)30(27(15-21)39-3)43-19-20-10-8-7-9-11-20/h7-18,29H,5-6,19H2,1-4H3/b28-16-/t29-/m0/s1. The van der Waals surface area contributed by atoms with E-state index in [0.717, 1.165) is 5.56 Å². The number of halogens is 1. The highest BCUT2D eigenvalue weighted by molar-refractivity contribution is 7.07. The monoisotopic (exact) mass is 634 g/mol. The van der Waals surface area contributed by atoms with Crippen LogP contribution in [0.3, 0.4) is 0 Å². The summed E-state index contributed by atoms with van der Waals surface area (Å²) in [6, 6.07) is 17.7. The van der Waals surface area contributed by atoms with Crippen LogP contribution >= 0.6 is 22.9 Å². The van der Waals surface area contributed by atoms with Crippen LogP contribution in [0.1, 0.15) is 36.6 Å². The van der Waals surface area contributed by atoms with Crippen molar-refractivity contribution in [2.75, 3.05) is 27.4 Å². The summed E-state index contributed by atoms with van der Waals surface area (Å²) in [7, 11) is 2.82. The van der Waals surface area contributed by atoms with Gasteiger partial charge in [-0.15, -0.1) is 0 Å². The lowest BCUT2D eigenvalue weighted by Gasteiger charge is -2.23. The third kappa shape index (κ3) is 6.36. The molecule has 0 N–H and O–H groups in total. The van der Waals surface area contributed by atoms with Gasteiger partial charge in [-0.05, 0) is 60.9 Å². The molecule has 4 aromatic rings. The molecular formula is C33H31ClN2O7S. The highest BCUT2D eigenvalue weighted by atomic mass is 35.5. The van der Waals surface area contributed by atoms with Crippen LogP contribution in [0.25, 0.3) is 6.08 Å². The number of hydrogen-bond donors (Lipinski definition) is 0. The molecule has 0 amide bonds. The van der Waals surface area contributed by atoms with Crippen LogP contribution in [0.15, 0.2) is 82.2 Å². The Balaban J connectivity index is 1.57. The van der Waals surface area contributed by atoms with Crippen molar-refractivity contribution >= 4 is 35.0 Å². The minimum absolute atomic E-state index is 0.211. The zero-order valence-corrected chi connectivity index (χ0v) is 26.2. The maximum absolute atomic E-state index is 14.0. The second kappa shape index (κ2) is 13.8. The highest BCUT2D eigenvalue weighted by Gasteiger charge is 2.31. The number of ether oxygens (including phenoxy) is 5. The number of aromatic nitrogens is 1. The summed E-state index contributed by atoms with van der Waals surface area (Å²) in [5, 5.41) is 0.336. The molecule has 0 saturated carbocycles. The average Bonchev–Trinajstić information content (AvgIpc) is 3.35. The molecule has 1 atom stereocenters. The summed E-state index contributed by atoms with van der Waals surface area (Å²) >= 11 is 7.82. The van der Waals surface area contributed by atoms with E-state index in [4.69, 9.17) is 35.3 Å². The number of fused-ring (bicyclic) bond motifs is 1. The number of methoxy groups -OCH3 is 2. The maximum atomic E-state index is 14.0. The fourth-order valence-electron chi connectivity index (χ4n) is 4.83. The second-order valence-electron chi connectivity index (χ2n) is 9.56. The zero-order valence-electron chi connectivity index (χ0n) is 24.7.